The summed E-state index contributed by atoms with van der Waals surface area (Å²) >= 11 is 6.04. The van der Waals surface area contributed by atoms with Crippen LogP contribution in [0.3, 0.4) is 0 Å². The van der Waals surface area contributed by atoms with E-state index in [9.17, 15) is 4.21 Å². The van der Waals surface area contributed by atoms with Gasteiger partial charge in [-0.15, -0.1) is 0 Å². The average Bonchev–Trinajstić information content (AvgIpc) is 2.36. The number of nitrogens with zero attached hydrogens (tertiary/aromatic N) is 1. The second-order valence-electron chi connectivity index (χ2n) is 6.07. The van der Waals surface area contributed by atoms with E-state index < -0.39 is 9.73 Å². The van der Waals surface area contributed by atoms with Crippen molar-refractivity contribution in [3.05, 3.63) is 59.6 Å². The zero-order valence-electron chi connectivity index (χ0n) is 11.5. The van der Waals surface area contributed by atoms with Gasteiger partial charge < -0.3 is 0 Å². The molecule has 1 unspecified atom stereocenters. The van der Waals surface area contributed by atoms with Crippen LogP contribution >= 0.6 is 11.6 Å². The lowest BCUT2D eigenvalue weighted by Crippen LogP contribution is -2.62. The molecule has 21 heavy (non-hydrogen) atoms. The molecule has 3 aliphatic carbocycles. The Labute approximate surface area is 130 Å². The second kappa shape index (κ2) is 4.59. The molecule has 0 spiro atoms. The van der Waals surface area contributed by atoms with Crippen molar-refractivity contribution in [1.29, 1.82) is 0 Å². The molecule has 1 atom stereocenters. The molecule has 2 nitrogen and oxygen atoms in total. The standard InChI is InChI=1S/C17H16ClNOS/c18-14-5-4-6-15(9-14)19-21(20,16-7-2-1-3-8-16)17-10-13(11-17)12-17/h1-9,13H,10-12H2. The predicted octanol–water partition coefficient (Wildman–Crippen LogP) is 5.05. The maximum atomic E-state index is 13.8. The summed E-state index contributed by atoms with van der Waals surface area (Å²) < 4.78 is 18.4. The van der Waals surface area contributed by atoms with E-state index in [1.165, 1.54) is 0 Å². The summed E-state index contributed by atoms with van der Waals surface area (Å²) in [6.07, 6.45) is 3.14. The largest absolute Gasteiger partial charge is 0.244 e. The summed E-state index contributed by atoms with van der Waals surface area (Å²) in [7, 11) is -2.45. The maximum absolute atomic E-state index is 13.8. The van der Waals surface area contributed by atoms with Gasteiger partial charge in [-0.2, -0.15) is 4.36 Å². The van der Waals surface area contributed by atoms with E-state index >= 15 is 0 Å². The molecular formula is C17H16ClNOS. The molecule has 2 aromatic rings. The first kappa shape index (κ1) is 13.4. The number of hydrogen-bond donors (Lipinski definition) is 0. The van der Waals surface area contributed by atoms with Crippen molar-refractivity contribution in [2.24, 2.45) is 10.3 Å². The van der Waals surface area contributed by atoms with E-state index in [0.29, 0.717) is 10.7 Å². The van der Waals surface area contributed by atoms with Gasteiger partial charge in [0.25, 0.3) is 0 Å². The third-order valence-electron chi connectivity index (χ3n) is 4.67. The van der Waals surface area contributed by atoms with Crippen LogP contribution in [0.5, 0.6) is 0 Å². The SMILES string of the molecule is O=S(=Nc1cccc(Cl)c1)(c1ccccc1)C12CC(C1)C2. The fourth-order valence-corrected chi connectivity index (χ4v) is 6.73. The van der Waals surface area contributed by atoms with Gasteiger partial charge in [0.05, 0.1) is 20.2 Å². The van der Waals surface area contributed by atoms with Gasteiger partial charge in [-0.05, 0) is 55.5 Å². The van der Waals surface area contributed by atoms with Crippen molar-refractivity contribution in [2.75, 3.05) is 0 Å². The van der Waals surface area contributed by atoms with Crippen LogP contribution in [-0.2, 0) is 9.73 Å². The van der Waals surface area contributed by atoms with Crippen molar-refractivity contribution in [2.45, 2.75) is 28.9 Å². The Morgan fingerprint density at radius 2 is 1.76 bits per heavy atom. The zero-order valence-corrected chi connectivity index (χ0v) is 13.1. The monoisotopic (exact) mass is 317 g/mol. The van der Waals surface area contributed by atoms with Crippen molar-refractivity contribution in [3.8, 4) is 0 Å². The van der Waals surface area contributed by atoms with Gasteiger partial charge >= 0.3 is 0 Å². The van der Waals surface area contributed by atoms with Crippen LogP contribution in [0, 0.1) is 5.92 Å². The molecule has 0 N–H and O–H groups in total. The Balaban J connectivity index is 1.90. The fraction of sp³-hybridized carbons (Fsp3) is 0.294. The van der Waals surface area contributed by atoms with E-state index in [2.05, 4.69) is 0 Å². The number of hydrogen-bond acceptors (Lipinski definition) is 2. The van der Waals surface area contributed by atoms with E-state index in [4.69, 9.17) is 16.0 Å². The first-order valence-electron chi connectivity index (χ1n) is 7.19. The highest BCUT2D eigenvalue weighted by molar-refractivity contribution is 7.95. The van der Waals surface area contributed by atoms with Crippen molar-refractivity contribution < 1.29 is 4.21 Å². The highest BCUT2D eigenvalue weighted by Crippen LogP contribution is 2.64. The normalized spacial score (nSPS) is 28.9. The summed E-state index contributed by atoms with van der Waals surface area (Å²) in [6.45, 7) is 0. The minimum Gasteiger partial charge on any atom is -0.244 e. The highest BCUT2D eigenvalue weighted by atomic mass is 35.5. The van der Waals surface area contributed by atoms with Crippen LogP contribution in [0.4, 0.5) is 5.69 Å². The van der Waals surface area contributed by atoms with Crippen molar-refractivity contribution >= 4 is 27.0 Å². The van der Waals surface area contributed by atoms with Crippen LogP contribution in [0.2, 0.25) is 5.02 Å². The maximum Gasteiger partial charge on any atom is 0.0859 e. The van der Waals surface area contributed by atoms with Gasteiger partial charge in [0.15, 0.2) is 0 Å². The topological polar surface area (TPSA) is 29.4 Å². The Bertz CT molecular complexity index is 792. The minimum atomic E-state index is -2.45. The van der Waals surface area contributed by atoms with Crippen LogP contribution in [0.1, 0.15) is 19.3 Å². The average molecular weight is 318 g/mol. The summed E-state index contributed by atoms with van der Waals surface area (Å²) in [4.78, 5) is 0.850. The molecule has 3 aliphatic rings. The Morgan fingerprint density at radius 3 is 2.33 bits per heavy atom. The number of rotatable bonds is 3. The Kier molecular flexibility index (Phi) is 2.92. The van der Waals surface area contributed by atoms with Gasteiger partial charge in [0.1, 0.15) is 0 Å². The first-order chi connectivity index (χ1) is 10.1. The van der Waals surface area contributed by atoms with E-state index in [0.717, 1.165) is 30.1 Å². The summed E-state index contributed by atoms with van der Waals surface area (Å²) in [5, 5.41) is 0.628. The molecule has 4 heteroatoms. The predicted molar refractivity (Wildman–Crippen MR) is 86.5 cm³/mol. The van der Waals surface area contributed by atoms with Crippen LogP contribution in [0.15, 0.2) is 63.9 Å². The van der Waals surface area contributed by atoms with Gasteiger partial charge in [-0.25, -0.2) is 4.21 Å². The smallest absolute Gasteiger partial charge is 0.0859 e. The lowest BCUT2D eigenvalue weighted by atomic mass is 9.55. The first-order valence-corrected chi connectivity index (χ1v) is 9.08. The molecular weight excluding hydrogens is 302 g/mol. The van der Waals surface area contributed by atoms with E-state index in [1.54, 1.807) is 6.07 Å². The van der Waals surface area contributed by atoms with Crippen LogP contribution < -0.4 is 0 Å². The van der Waals surface area contributed by atoms with Crippen molar-refractivity contribution in [1.82, 2.24) is 0 Å². The van der Waals surface area contributed by atoms with E-state index in [1.807, 2.05) is 48.5 Å². The molecule has 0 amide bonds. The third-order valence-corrected chi connectivity index (χ3v) is 7.96. The lowest BCUT2D eigenvalue weighted by Gasteiger charge is -2.62. The van der Waals surface area contributed by atoms with Gasteiger partial charge in [0.2, 0.25) is 0 Å². The molecule has 0 aromatic heterocycles. The van der Waals surface area contributed by atoms with Crippen LogP contribution in [0.25, 0.3) is 0 Å². The number of halogens is 1. The van der Waals surface area contributed by atoms with Gasteiger partial charge in [0, 0.05) is 9.92 Å². The van der Waals surface area contributed by atoms with E-state index in [-0.39, 0.29) is 4.75 Å². The molecule has 3 saturated carbocycles. The molecule has 0 radical (unpaired) electrons. The molecule has 0 heterocycles. The zero-order chi connectivity index (χ0) is 14.5. The summed E-state index contributed by atoms with van der Waals surface area (Å²) in [5.74, 6) is 0.768. The Morgan fingerprint density at radius 1 is 1.05 bits per heavy atom. The molecule has 2 aromatic carbocycles. The molecule has 0 aliphatic heterocycles. The second-order valence-corrected chi connectivity index (χ2v) is 9.08. The number of benzene rings is 2. The van der Waals surface area contributed by atoms with Gasteiger partial charge in [-0.3, -0.25) is 0 Å². The molecule has 0 saturated heterocycles. The fourth-order valence-electron chi connectivity index (χ4n) is 3.42. The highest BCUT2D eigenvalue weighted by Gasteiger charge is 2.63. The summed E-state index contributed by atoms with van der Waals surface area (Å²) in [6, 6.07) is 17.0. The van der Waals surface area contributed by atoms with Crippen molar-refractivity contribution in [3.63, 3.8) is 0 Å². The summed E-state index contributed by atoms with van der Waals surface area (Å²) in [5.41, 5.74) is 0.709. The minimum absolute atomic E-state index is 0.110. The molecule has 3 fully saturated rings. The third kappa shape index (κ3) is 1.95. The quantitative estimate of drug-likeness (QED) is 0.778. The van der Waals surface area contributed by atoms with Gasteiger partial charge in [-0.1, -0.05) is 35.9 Å². The van der Waals surface area contributed by atoms with Crippen LogP contribution in [-0.4, -0.2) is 8.96 Å². The molecule has 2 bridgehead atoms. The Hall–Kier alpha value is -1.32. The lowest BCUT2D eigenvalue weighted by molar-refractivity contribution is 0.0516. The molecule has 108 valence electrons. The molecule has 5 rings (SSSR count).